The van der Waals surface area contributed by atoms with Crippen LogP contribution in [-0.2, 0) is 9.53 Å². The Hall–Kier alpha value is -1.71. The van der Waals surface area contributed by atoms with Gasteiger partial charge in [0, 0.05) is 11.5 Å². The first kappa shape index (κ1) is 9.51. The van der Waals surface area contributed by atoms with Crippen LogP contribution < -0.4 is 4.74 Å². The van der Waals surface area contributed by atoms with Gasteiger partial charge in [-0.1, -0.05) is 0 Å². The molecule has 0 saturated heterocycles. The summed E-state index contributed by atoms with van der Waals surface area (Å²) < 4.78 is 10.6. The SMILES string of the molecule is CCOC(=O)[C@H]1[C@@H]2Oc3ccc(O)cc3[C@H]21. The van der Waals surface area contributed by atoms with Gasteiger partial charge in [0.25, 0.3) is 0 Å². The number of esters is 1. The zero-order valence-corrected chi connectivity index (χ0v) is 8.84. The van der Waals surface area contributed by atoms with Crippen LogP contribution in [0.4, 0.5) is 0 Å². The van der Waals surface area contributed by atoms with Crippen molar-refractivity contribution < 1.29 is 19.4 Å². The lowest BCUT2D eigenvalue weighted by atomic mass is 10.1. The summed E-state index contributed by atoms with van der Waals surface area (Å²) in [5, 5.41) is 9.39. The van der Waals surface area contributed by atoms with Gasteiger partial charge in [0.15, 0.2) is 0 Å². The molecule has 3 rings (SSSR count). The number of ether oxygens (including phenoxy) is 2. The van der Waals surface area contributed by atoms with E-state index in [0.29, 0.717) is 6.61 Å². The van der Waals surface area contributed by atoms with Crippen molar-refractivity contribution in [2.75, 3.05) is 6.61 Å². The molecule has 0 amide bonds. The average Bonchev–Trinajstić information content (AvgIpc) is 2.85. The first-order chi connectivity index (χ1) is 7.72. The number of aromatic hydroxyl groups is 1. The van der Waals surface area contributed by atoms with E-state index in [9.17, 15) is 9.90 Å². The Balaban J connectivity index is 1.84. The summed E-state index contributed by atoms with van der Waals surface area (Å²) in [7, 11) is 0. The van der Waals surface area contributed by atoms with E-state index in [-0.39, 0.29) is 29.7 Å². The van der Waals surface area contributed by atoms with Crippen molar-refractivity contribution in [2.24, 2.45) is 5.92 Å². The summed E-state index contributed by atoms with van der Waals surface area (Å²) in [6.07, 6.45) is -0.0872. The van der Waals surface area contributed by atoms with Crippen LogP contribution in [0.15, 0.2) is 18.2 Å². The van der Waals surface area contributed by atoms with Gasteiger partial charge < -0.3 is 14.6 Å². The van der Waals surface area contributed by atoms with Gasteiger partial charge in [0.2, 0.25) is 0 Å². The fraction of sp³-hybridized carbons (Fsp3) is 0.417. The van der Waals surface area contributed by atoms with Gasteiger partial charge >= 0.3 is 5.97 Å². The molecule has 1 fully saturated rings. The average molecular weight is 220 g/mol. The summed E-state index contributed by atoms with van der Waals surface area (Å²) in [5.74, 6) is 0.660. The van der Waals surface area contributed by atoms with Crippen molar-refractivity contribution in [3.8, 4) is 11.5 Å². The van der Waals surface area contributed by atoms with Crippen LogP contribution in [0.3, 0.4) is 0 Å². The molecule has 1 N–H and O–H groups in total. The Kier molecular flexibility index (Phi) is 1.87. The van der Waals surface area contributed by atoms with Gasteiger partial charge in [-0.3, -0.25) is 4.79 Å². The Morgan fingerprint density at radius 1 is 1.56 bits per heavy atom. The van der Waals surface area contributed by atoms with Crippen molar-refractivity contribution in [3.63, 3.8) is 0 Å². The molecule has 1 aromatic carbocycles. The Bertz CT molecular complexity index is 454. The Labute approximate surface area is 92.8 Å². The topological polar surface area (TPSA) is 55.8 Å². The van der Waals surface area contributed by atoms with E-state index in [1.807, 2.05) is 0 Å². The second-order valence-corrected chi connectivity index (χ2v) is 4.11. The van der Waals surface area contributed by atoms with E-state index < -0.39 is 0 Å². The van der Waals surface area contributed by atoms with Crippen molar-refractivity contribution in [2.45, 2.75) is 18.9 Å². The minimum atomic E-state index is -0.202. The number of phenols is 1. The molecule has 84 valence electrons. The maximum atomic E-state index is 11.5. The number of phenolic OH excluding ortho intramolecular Hbond substituents is 1. The van der Waals surface area contributed by atoms with Gasteiger partial charge in [-0.2, -0.15) is 0 Å². The fourth-order valence-corrected chi connectivity index (χ4v) is 2.37. The van der Waals surface area contributed by atoms with E-state index in [4.69, 9.17) is 9.47 Å². The third-order valence-corrected chi connectivity index (χ3v) is 3.13. The monoisotopic (exact) mass is 220 g/mol. The van der Waals surface area contributed by atoms with Crippen LogP contribution in [0.2, 0.25) is 0 Å². The number of rotatable bonds is 2. The lowest BCUT2D eigenvalue weighted by Gasteiger charge is -2.07. The summed E-state index contributed by atoms with van der Waals surface area (Å²) >= 11 is 0. The maximum absolute atomic E-state index is 11.5. The molecule has 2 aliphatic rings. The highest BCUT2D eigenvalue weighted by atomic mass is 16.5. The molecule has 16 heavy (non-hydrogen) atoms. The summed E-state index contributed by atoms with van der Waals surface area (Å²) in [4.78, 5) is 11.5. The van der Waals surface area contributed by atoms with Gasteiger partial charge in [-0.15, -0.1) is 0 Å². The van der Waals surface area contributed by atoms with Crippen LogP contribution in [0.5, 0.6) is 11.5 Å². The smallest absolute Gasteiger partial charge is 0.313 e. The van der Waals surface area contributed by atoms with Crippen molar-refractivity contribution in [1.82, 2.24) is 0 Å². The molecule has 0 bridgehead atoms. The first-order valence-electron chi connectivity index (χ1n) is 5.38. The lowest BCUT2D eigenvalue weighted by Crippen LogP contribution is -2.13. The molecular formula is C12H12O4. The molecule has 0 unspecified atom stereocenters. The Morgan fingerprint density at radius 2 is 2.38 bits per heavy atom. The summed E-state index contributed by atoms with van der Waals surface area (Å²) in [6, 6.07) is 4.99. The minimum Gasteiger partial charge on any atom is -0.508 e. The van der Waals surface area contributed by atoms with E-state index in [2.05, 4.69) is 0 Å². The highest BCUT2D eigenvalue weighted by molar-refractivity contribution is 5.80. The number of fused-ring (bicyclic) bond motifs is 3. The molecule has 4 heteroatoms. The third kappa shape index (κ3) is 1.19. The second-order valence-electron chi connectivity index (χ2n) is 4.11. The van der Waals surface area contributed by atoms with Crippen LogP contribution in [0, 0.1) is 5.92 Å². The van der Waals surface area contributed by atoms with Crippen molar-refractivity contribution in [1.29, 1.82) is 0 Å². The van der Waals surface area contributed by atoms with E-state index in [0.717, 1.165) is 11.3 Å². The number of hydrogen-bond donors (Lipinski definition) is 1. The molecule has 3 atom stereocenters. The maximum Gasteiger partial charge on any atom is 0.313 e. The van der Waals surface area contributed by atoms with E-state index in [1.165, 1.54) is 0 Å². The molecule has 1 saturated carbocycles. The standard InChI is InChI=1S/C12H12O4/c1-2-15-12(14)10-9-7-5-6(13)3-4-8(7)16-11(9)10/h3-5,9-11,13H,2H2,1H3/t9-,10+,11+/m0/s1. The zero-order valence-electron chi connectivity index (χ0n) is 8.84. The summed E-state index contributed by atoms with van der Waals surface area (Å²) in [6.45, 7) is 2.18. The molecular weight excluding hydrogens is 208 g/mol. The van der Waals surface area contributed by atoms with Gasteiger partial charge in [0.05, 0.1) is 6.61 Å². The fourth-order valence-electron chi connectivity index (χ4n) is 2.37. The van der Waals surface area contributed by atoms with Crippen LogP contribution >= 0.6 is 0 Å². The number of benzene rings is 1. The number of carbonyl (C=O) groups is 1. The van der Waals surface area contributed by atoms with Crippen LogP contribution in [0.1, 0.15) is 18.4 Å². The number of carbonyl (C=O) groups excluding carboxylic acids is 1. The van der Waals surface area contributed by atoms with E-state index in [1.54, 1.807) is 25.1 Å². The van der Waals surface area contributed by atoms with E-state index >= 15 is 0 Å². The molecule has 1 aromatic rings. The van der Waals surface area contributed by atoms with Gasteiger partial charge in [-0.05, 0) is 25.1 Å². The molecule has 0 aromatic heterocycles. The highest BCUT2D eigenvalue weighted by Crippen LogP contribution is 2.59. The third-order valence-electron chi connectivity index (χ3n) is 3.13. The zero-order chi connectivity index (χ0) is 11.3. The molecule has 0 spiro atoms. The minimum absolute atomic E-state index is 0.0705. The first-order valence-corrected chi connectivity index (χ1v) is 5.38. The van der Waals surface area contributed by atoms with Gasteiger partial charge in [-0.25, -0.2) is 0 Å². The molecule has 0 radical (unpaired) electrons. The van der Waals surface area contributed by atoms with Crippen molar-refractivity contribution >= 4 is 5.97 Å². The van der Waals surface area contributed by atoms with Crippen molar-refractivity contribution in [3.05, 3.63) is 23.8 Å². The van der Waals surface area contributed by atoms with Crippen LogP contribution in [-0.4, -0.2) is 23.8 Å². The normalized spacial score (nSPS) is 28.9. The lowest BCUT2D eigenvalue weighted by molar-refractivity contribution is -0.145. The largest absolute Gasteiger partial charge is 0.508 e. The quantitative estimate of drug-likeness (QED) is 0.766. The van der Waals surface area contributed by atoms with Gasteiger partial charge in [0.1, 0.15) is 23.5 Å². The molecule has 1 heterocycles. The molecule has 4 nitrogen and oxygen atoms in total. The predicted molar refractivity (Wildman–Crippen MR) is 55.4 cm³/mol. The number of hydrogen-bond acceptors (Lipinski definition) is 4. The highest BCUT2D eigenvalue weighted by Gasteiger charge is 2.63. The molecule has 1 aliphatic carbocycles. The Morgan fingerprint density at radius 3 is 3.12 bits per heavy atom. The molecule has 1 aliphatic heterocycles. The second kappa shape index (κ2) is 3.14. The predicted octanol–water partition coefficient (Wildman–Crippen LogP) is 1.43. The van der Waals surface area contributed by atoms with Crippen LogP contribution in [0.25, 0.3) is 0 Å². The summed E-state index contributed by atoms with van der Waals surface area (Å²) in [5.41, 5.74) is 0.919.